The first kappa shape index (κ1) is 27.6. The quantitative estimate of drug-likeness (QED) is 0.359. The topological polar surface area (TPSA) is 78.7 Å². The van der Waals surface area contributed by atoms with E-state index in [1.165, 1.54) is 24.4 Å². The van der Waals surface area contributed by atoms with E-state index in [-0.39, 0.29) is 17.1 Å². The van der Waals surface area contributed by atoms with Crippen molar-refractivity contribution in [3.05, 3.63) is 65.7 Å². The Labute approximate surface area is 246 Å². The number of carboxylic acid groups (broad SMARTS) is 1. The van der Waals surface area contributed by atoms with Crippen LogP contribution in [0.4, 0.5) is 4.39 Å². The zero-order chi connectivity index (χ0) is 29.1. The van der Waals surface area contributed by atoms with E-state index in [0.29, 0.717) is 44.1 Å². The molecule has 1 N–H and O–H groups in total. The number of aryl methyl sites for hydroxylation is 1. The number of likely N-dealkylation sites (tertiary alicyclic amines) is 1. The molecule has 3 aliphatic heterocycles. The molecule has 4 aliphatic rings. The van der Waals surface area contributed by atoms with E-state index in [4.69, 9.17) is 4.98 Å². The van der Waals surface area contributed by atoms with Crippen LogP contribution >= 0.6 is 0 Å². The summed E-state index contributed by atoms with van der Waals surface area (Å²) >= 11 is 0. The Morgan fingerprint density at radius 3 is 2.33 bits per heavy atom. The molecule has 1 aliphatic carbocycles. The molecular formula is C34H41FN4O3. The number of hydrogen-bond donors (Lipinski definition) is 1. The van der Waals surface area contributed by atoms with Crippen LogP contribution in [0.2, 0.25) is 0 Å². The van der Waals surface area contributed by atoms with Gasteiger partial charge in [0.15, 0.2) is 0 Å². The van der Waals surface area contributed by atoms with Gasteiger partial charge in [-0.25, -0.2) is 9.37 Å². The predicted octanol–water partition coefficient (Wildman–Crippen LogP) is 5.86. The van der Waals surface area contributed by atoms with Crippen molar-refractivity contribution in [2.45, 2.75) is 94.7 Å². The van der Waals surface area contributed by atoms with Gasteiger partial charge in [-0.3, -0.25) is 14.5 Å². The number of aliphatic carboxylic acids is 1. The molecule has 3 saturated heterocycles. The second kappa shape index (κ2) is 10.5. The number of amides is 1. The molecule has 1 aromatic heterocycles. The van der Waals surface area contributed by atoms with Crippen molar-refractivity contribution >= 4 is 22.9 Å². The standard InChI is InChI=1S/C34H41FN4O3/c1-23-36-29-8-2-3-9-30(29)39(23)28-21-26-10-11-27(22-28)38(26)19-16-33(24-6-4-7-25(35)20-24)14-17-37(18-15-33)31(40)34(32(41)42)12-5-13-34/h2-4,6-9,20,26-28H,5,10-19,21-22H2,1H3,(H,41,42)/t26-,27+,28?. The highest BCUT2D eigenvalue weighted by atomic mass is 19.1. The smallest absolute Gasteiger partial charge is 0.319 e. The molecule has 2 aromatic carbocycles. The normalized spacial score (nSPS) is 26.7. The number of aromatic nitrogens is 2. The fourth-order valence-electron chi connectivity index (χ4n) is 8.78. The Hall–Kier alpha value is -3.26. The van der Waals surface area contributed by atoms with Crippen LogP contribution in [0.5, 0.6) is 0 Å². The average molecular weight is 573 g/mol. The van der Waals surface area contributed by atoms with E-state index in [9.17, 15) is 19.1 Å². The summed E-state index contributed by atoms with van der Waals surface area (Å²) in [4.78, 5) is 34.7. The van der Waals surface area contributed by atoms with Crippen LogP contribution in [0.1, 0.15) is 81.6 Å². The molecule has 2 bridgehead atoms. The number of carbonyl (C=O) groups is 2. The van der Waals surface area contributed by atoms with Crippen LogP contribution in [-0.2, 0) is 15.0 Å². The van der Waals surface area contributed by atoms with Gasteiger partial charge in [-0.05, 0) is 106 Å². The second-order valence-electron chi connectivity index (χ2n) is 13.3. The lowest BCUT2D eigenvalue weighted by molar-refractivity contribution is -0.168. The number of imidazole rings is 1. The molecule has 7 nitrogen and oxygen atoms in total. The molecule has 4 fully saturated rings. The first-order valence-corrected chi connectivity index (χ1v) is 15.8. The van der Waals surface area contributed by atoms with E-state index in [0.717, 1.165) is 62.0 Å². The number of piperidine rings is 2. The molecule has 3 atom stereocenters. The number of hydrogen-bond acceptors (Lipinski definition) is 4. The monoisotopic (exact) mass is 572 g/mol. The maximum atomic E-state index is 14.5. The minimum absolute atomic E-state index is 0.225. The van der Waals surface area contributed by atoms with Crippen molar-refractivity contribution in [3.8, 4) is 0 Å². The van der Waals surface area contributed by atoms with Crippen molar-refractivity contribution in [3.63, 3.8) is 0 Å². The Bertz CT molecular complexity index is 1490. The fourth-order valence-corrected chi connectivity index (χ4v) is 8.78. The largest absolute Gasteiger partial charge is 0.480 e. The Kier molecular flexibility index (Phi) is 6.87. The van der Waals surface area contributed by atoms with Gasteiger partial charge in [0.1, 0.15) is 17.1 Å². The third-order valence-electron chi connectivity index (χ3n) is 11.3. The maximum absolute atomic E-state index is 14.5. The second-order valence-corrected chi connectivity index (χ2v) is 13.3. The number of carboxylic acids is 1. The van der Waals surface area contributed by atoms with Gasteiger partial charge in [0, 0.05) is 31.2 Å². The van der Waals surface area contributed by atoms with Gasteiger partial charge in [-0.2, -0.15) is 0 Å². The van der Waals surface area contributed by atoms with Crippen molar-refractivity contribution < 1.29 is 19.1 Å². The van der Waals surface area contributed by atoms with Crippen molar-refractivity contribution in [1.82, 2.24) is 19.4 Å². The summed E-state index contributed by atoms with van der Waals surface area (Å²) in [5, 5.41) is 9.83. The molecule has 0 radical (unpaired) electrons. The molecule has 3 aromatic rings. The molecule has 42 heavy (non-hydrogen) atoms. The van der Waals surface area contributed by atoms with Gasteiger partial charge in [-0.1, -0.05) is 30.7 Å². The molecule has 0 spiro atoms. The van der Waals surface area contributed by atoms with Crippen LogP contribution in [-0.4, -0.2) is 68.1 Å². The van der Waals surface area contributed by atoms with Gasteiger partial charge in [0.25, 0.3) is 0 Å². The summed E-state index contributed by atoms with van der Waals surface area (Å²) in [7, 11) is 0. The van der Waals surface area contributed by atoms with Crippen molar-refractivity contribution in [2.24, 2.45) is 5.41 Å². The Morgan fingerprint density at radius 1 is 0.976 bits per heavy atom. The molecule has 4 heterocycles. The lowest BCUT2D eigenvalue weighted by Crippen LogP contribution is -2.56. The minimum Gasteiger partial charge on any atom is -0.480 e. The van der Waals surface area contributed by atoms with Gasteiger partial charge >= 0.3 is 5.97 Å². The summed E-state index contributed by atoms with van der Waals surface area (Å²) in [6.07, 6.45) is 8.66. The molecule has 8 heteroatoms. The molecular weight excluding hydrogens is 531 g/mol. The number of halogens is 1. The van der Waals surface area contributed by atoms with Crippen LogP contribution in [0.15, 0.2) is 48.5 Å². The van der Waals surface area contributed by atoms with Crippen LogP contribution < -0.4 is 0 Å². The first-order chi connectivity index (χ1) is 20.3. The molecule has 222 valence electrons. The zero-order valence-corrected chi connectivity index (χ0v) is 24.5. The average Bonchev–Trinajstić information content (AvgIpc) is 3.41. The van der Waals surface area contributed by atoms with Gasteiger partial charge in [0.05, 0.1) is 11.0 Å². The first-order valence-electron chi connectivity index (χ1n) is 15.8. The summed E-state index contributed by atoms with van der Waals surface area (Å²) in [5.74, 6) is -0.351. The van der Waals surface area contributed by atoms with Gasteiger partial charge in [-0.15, -0.1) is 0 Å². The van der Waals surface area contributed by atoms with E-state index in [1.807, 2.05) is 6.07 Å². The summed E-state index contributed by atoms with van der Waals surface area (Å²) in [5.41, 5.74) is 1.84. The highest BCUT2D eigenvalue weighted by molar-refractivity contribution is 6.02. The third-order valence-corrected chi connectivity index (χ3v) is 11.3. The lowest BCUT2D eigenvalue weighted by atomic mass is 9.66. The SMILES string of the molecule is Cc1nc2ccccc2n1C1C[C@H]2CC[C@@H](C1)N2CCC1(c2cccc(F)c2)CCN(C(=O)C2(C(=O)O)CCC2)CC1. The molecule has 7 rings (SSSR count). The highest BCUT2D eigenvalue weighted by Crippen LogP contribution is 2.47. The summed E-state index contributed by atoms with van der Waals surface area (Å²) in [6.45, 7) is 4.12. The predicted molar refractivity (Wildman–Crippen MR) is 159 cm³/mol. The van der Waals surface area contributed by atoms with E-state index in [2.05, 4.69) is 40.7 Å². The van der Waals surface area contributed by atoms with Gasteiger partial charge in [0.2, 0.25) is 5.91 Å². The Balaban J connectivity index is 1.08. The minimum atomic E-state index is -1.23. The summed E-state index contributed by atoms with van der Waals surface area (Å²) in [6, 6.07) is 16.9. The van der Waals surface area contributed by atoms with Crippen LogP contribution in [0.3, 0.4) is 0 Å². The van der Waals surface area contributed by atoms with E-state index >= 15 is 0 Å². The summed E-state index contributed by atoms with van der Waals surface area (Å²) < 4.78 is 17.0. The highest BCUT2D eigenvalue weighted by Gasteiger charge is 2.54. The van der Waals surface area contributed by atoms with Crippen molar-refractivity contribution in [1.29, 1.82) is 0 Å². The third kappa shape index (κ3) is 4.45. The molecule has 1 amide bonds. The number of carbonyl (C=O) groups excluding carboxylic acids is 1. The van der Waals surface area contributed by atoms with Gasteiger partial charge < -0.3 is 14.6 Å². The number of rotatable bonds is 7. The van der Waals surface area contributed by atoms with E-state index in [1.54, 1.807) is 17.0 Å². The molecule has 1 saturated carbocycles. The number of para-hydroxylation sites is 2. The number of nitrogens with zero attached hydrogens (tertiary/aromatic N) is 4. The van der Waals surface area contributed by atoms with Crippen molar-refractivity contribution in [2.75, 3.05) is 19.6 Å². The Morgan fingerprint density at radius 2 is 1.69 bits per heavy atom. The lowest BCUT2D eigenvalue weighted by Gasteiger charge is -2.47. The maximum Gasteiger partial charge on any atom is 0.319 e. The van der Waals surface area contributed by atoms with Crippen LogP contribution in [0.25, 0.3) is 11.0 Å². The zero-order valence-electron chi connectivity index (χ0n) is 24.5. The van der Waals surface area contributed by atoms with Crippen LogP contribution in [0, 0.1) is 18.2 Å². The molecule has 1 unspecified atom stereocenters. The number of benzene rings is 2. The number of fused-ring (bicyclic) bond motifs is 3. The van der Waals surface area contributed by atoms with E-state index < -0.39 is 11.4 Å². The fraction of sp³-hybridized carbons (Fsp3) is 0.559.